The highest BCUT2D eigenvalue weighted by atomic mass is 16.5. The number of nitrogens with one attached hydrogen (secondary N) is 1. The van der Waals surface area contributed by atoms with E-state index in [2.05, 4.69) is 31.3 Å². The lowest BCUT2D eigenvalue weighted by Crippen LogP contribution is -2.23. The van der Waals surface area contributed by atoms with Gasteiger partial charge in [-0.3, -0.25) is 0 Å². The first-order valence-corrected chi connectivity index (χ1v) is 7.75. The second-order valence-corrected chi connectivity index (χ2v) is 6.19. The number of allylic oxidation sites excluding steroid dienone is 2. The van der Waals surface area contributed by atoms with E-state index in [1.54, 1.807) is 0 Å². The molecule has 0 aromatic heterocycles. The van der Waals surface area contributed by atoms with Crippen LogP contribution in [0.5, 0.6) is 0 Å². The minimum atomic E-state index is 0.420. The molecule has 18 heavy (non-hydrogen) atoms. The molecule has 1 fully saturated rings. The van der Waals surface area contributed by atoms with Crippen LogP contribution >= 0.6 is 0 Å². The molecule has 1 N–H and O–H groups in total. The predicted octanol–water partition coefficient (Wildman–Crippen LogP) is 3.53. The van der Waals surface area contributed by atoms with Gasteiger partial charge in [-0.05, 0) is 63.8 Å². The summed E-state index contributed by atoms with van der Waals surface area (Å²) >= 11 is 0. The summed E-state index contributed by atoms with van der Waals surface area (Å²) in [6.07, 6.45) is 12.7. The van der Waals surface area contributed by atoms with Crippen LogP contribution in [-0.2, 0) is 4.74 Å². The summed E-state index contributed by atoms with van der Waals surface area (Å²) in [5.41, 5.74) is 0. The van der Waals surface area contributed by atoms with Gasteiger partial charge in [0.1, 0.15) is 0 Å². The second kappa shape index (κ2) is 7.30. The van der Waals surface area contributed by atoms with Gasteiger partial charge in [-0.15, -0.1) is 0 Å². The lowest BCUT2D eigenvalue weighted by atomic mass is 9.85. The molecule has 2 nitrogen and oxygen atoms in total. The van der Waals surface area contributed by atoms with E-state index >= 15 is 0 Å². The van der Waals surface area contributed by atoms with E-state index < -0.39 is 0 Å². The first-order chi connectivity index (χ1) is 8.75. The number of hydrogen-bond donors (Lipinski definition) is 1. The Kier molecular flexibility index (Phi) is 5.71. The smallest absolute Gasteiger partial charge is 0.0547 e. The molecule has 0 saturated heterocycles. The van der Waals surface area contributed by atoms with Crippen molar-refractivity contribution < 1.29 is 4.74 Å². The average molecular weight is 251 g/mol. The molecule has 2 aliphatic rings. The number of rotatable bonds is 8. The Morgan fingerprint density at radius 3 is 2.78 bits per heavy atom. The fourth-order valence-corrected chi connectivity index (χ4v) is 2.59. The molecular weight excluding hydrogens is 222 g/mol. The molecule has 2 rings (SSSR count). The molecule has 0 spiro atoms. The van der Waals surface area contributed by atoms with Crippen LogP contribution in [0.25, 0.3) is 0 Å². The minimum Gasteiger partial charge on any atom is -0.378 e. The van der Waals surface area contributed by atoms with Crippen molar-refractivity contribution in [3.05, 3.63) is 12.2 Å². The molecule has 0 aliphatic heterocycles. The van der Waals surface area contributed by atoms with Gasteiger partial charge in [0, 0.05) is 6.04 Å². The third-order valence-corrected chi connectivity index (χ3v) is 4.31. The van der Waals surface area contributed by atoms with Gasteiger partial charge in [-0.1, -0.05) is 19.1 Å². The molecule has 3 unspecified atom stereocenters. The topological polar surface area (TPSA) is 21.3 Å². The predicted molar refractivity (Wildman–Crippen MR) is 76.7 cm³/mol. The van der Waals surface area contributed by atoms with E-state index in [0.717, 1.165) is 24.5 Å². The van der Waals surface area contributed by atoms with Crippen LogP contribution in [0.3, 0.4) is 0 Å². The van der Waals surface area contributed by atoms with E-state index in [0.29, 0.717) is 6.10 Å². The first-order valence-electron chi connectivity index (χ1n) is 7.75. The van der Waals surface area contributed by atoms with Gasteiger partial charge >= 0.3 is 0 Å². The standard InChI is InChI=1S/C16H29NO/c1-13-6-3-4-8-15(13)12-18-14(2)7-5-11-17-16-9-10-16/h3-4,13-17H,5-12H2,1-2H3. The van der Waals surface area contributed by atoms with Gasteiger partial charge in [-0.2, -0.15) is 0 Å². The zero-order chi connectivity index (χ0) is 12.8. The van der Waals surface area contributed by atoms with E-state index in [9.17, 15) is 0 Å². The fourth-order valence-electron chi connectivity index (χ4n) is 2.59. The highest BCUT2D eigenvalue weighted by Gasteiger charge is 2.20. The Morgan fingerprint density at radius 1 is 1.28 bits per heavy atom. The van der Waals surface area contributed by atoms with Crippen LogP contribution in [0.2, 0.25) is 0 Å². The largest absolute Gasteiger partial charge is 0.378 e. The Morgan fingerprint density at radius 2 is 2.06 bits per heavy atom. The highest BCUT2D eigenvalue weighted by molar-refractivity contribution is 4.93. The lowest BCUT2D eigenvalue weighted by molar-refractivity contribution is 0.0214. The molecule has 0 radical (unpaired) electrons. The summed E-state index contributed by atoms with van der Waals surface area (Å²) in [7, 11) is 0. The fraction of sp³-hybridized carbons (Fsp3) is 0.875. The Labute approximate surface area is 112 Å². The summed E-state index contributed by atoms with van der Waals surface area (Å²) < 4.78 is 6.01. The lowest BCUT2D eigenvalue weighted by Gasteiger charge is -2.26. The summed E-state index contributed by atoms with van der Waals surface area (Å²) in [6, 6.07) is 0.844. The molecule has 2 aliphatic carbocycles. The van der Waals surface area contributed by atoms with E-state index in [-0.39, 0.29) is 0 Å². The molecule has 0 amide bonds. The second-order valence-electron chi connectivity index (χ2n) is 6.19. The zero-order valence-corrected chi connectivity index (χ0v) is 12.0. The van der Waals surface area contributed by atoms with Crippen molar-refractivity contribution in [3.63, 3.8) is 0 Å². The summed E-state index contributed by atoms with van der Waals surface area (Å²) in [6.45, 7) is 6.69. The van der Waals surface area contributed by atoms with Crippen LogP contribution in [0, 0.1) is 11.8 Å². The van der Waals surface area contributed by atoms with Crippen LogP contribution in [-0.4, -0.2) is 25.3 Å². The Balaban J connectivity index is 1.50. The molecule has 0 aromatic rings. The molecule has 104 valence electrons. The Bertz CT molecular complexity index is 260. The third kappa shape index (κ3) is 5.11. The van der Waals surface area contributed by atoms with Gasteiger partial charge < -0.3 is 10.1 Å². The molecule has 0 aromatic carbocycles. The molecule has 1 saturated carbocycles. The van der Waals surface area contributed by atoms with Gasteiger partial charge in [-0.25, -0.2) is 0 Å². The van der Waals surface area contributed by atoms with Crippen molar-refractivity contribution >= 4 is 0 Å². The van der Waals surface area contributed by atoms with Crippen molar-refractivity contribution in [3.8, 4) is 0 Å². The molecular formula is C16H29NO. The van der Waals surface area contributed by atoms with Crippen molar-refractivity contribution in [1.82, 2.24) is 5.32 Å². The summed E-state index contributed by atoms with van der Waals surface area (Å²) in [5.74, 6) is 1.53. The van der Waals surface area contributed by atoms with Crippen LogP contribution in [0.1, 0.15) is 52.4 Å². The number of ether oxygens (including phenoxy) is 1. The van der Waals surface area contributed by atoms with Crippen molar-refractivity contribution in [2.45, 2.75) is 64.5 Å². The quantitative estimate of drug-likeness (QED) is 0.526. The SMILES string of the molecule is CC(CCCNC1CC1)OCC1CC=CCC1C. The van der Waals surface area contributed by atoms with Gasteiger partial charge in [0.15, 0.2) is 0 Å². The monoisotopic (exact) mass is 251 g/mol. The summed E-state index contributed by atoms with van der Waals surface area (Å²) in [5, 5.41) is 3.56. The number of hydrogen-bond acceptors (Lipinski definition) is 2. The zero-order valence-electron chi connectivity index (χ0n) is 12.0. The van der Waals surface area contributed by atoms with Gasteiger partial charge in [0.2, 0.25) is 0 Å². The van der Waals surface area contributed by atoms with Gasteiger partial charge in [0.25, 0.3) is 0 Å². The molecule has 0 bridgehead atoms. The normalized spacial score (nSPS) is 29.4. The van der Waals surface area contributed by atoms with E-state index in [1.807, 2.05) is 0 Å². The maximum atomic E-state index is 6.01. The van der Waals surface area contributed by atoms with Crippen LogP contribution < -0.4 is 5.32 Å². The molecule has 3 atom stereocenters. The van der Waals surface area contributed by atoms with Crippen LogP contribution in [0.4, 0.5) is 0 Å². The van der Waals surface area contributed by atoms with Crippen molar-refractivity contribution in [2.75, 3.05) is 13.2 Å². The van der Waals surface area contributed by atoms with Gasteiger partial charge in [0.05, 0.1) is 12.7 Å². The summed E-state index contributed by atoms with van der Waals surface area (Å²) in [4.78, 5) is 0. The average Bonchev–Trinajstić information content (AvgIpc) is 3.18. The first kappa shape index (κ1) is 14.1. The van der Waals surface area contributed by atoms with Crippen molar-refractivity contribution in [2.24, 2.45) is 11.8 Å². The molecule has 2 heteroatoms. The minimum absolute atomic E-state index is 0.420. The Hall–Kier alpha value is -0.340. The molecule has 0 heterocycles. The highest BCUT2D eigenvalue weighted by Crippen LogP contribution is 2.25. The van der Waals surface area contributed by atoms with E-state index in [4.69, 9.17) is 4.74 Å². The maximum Gasteiger partial charge on any atom is 0.0547 e. The maximum absolute atomic E-state index is 6.01. The van der Waals surface area contributed by atoms with Crippen molar-refractivity contribution in [1.29, 1.82) is 0 Å². The third-order valence-electron chi connectivity index (χ3n) is 4.31. The van der Waals surface area contributed by atoms with Crippen LogP contribution in [0.15, 0.2) is 12.2 Å². The van der Waals surface area contributed by atoms with E-state index in [1.165, 1.54) is 45.1 Å².